The van der Waals surface area contributed by atoms with Gasteiger partial charge in [-0.05, 0) is 0 Å². The third-order valence-electron chi connectivity index (χ3n) is 0.0786. The van der Waals surface area contributed by atoms with Gasteiger partial charge >= 0.3 is 6.15 Å². The monoisotopic (exact) mass is 258 g/mol. The van der Waals surface area contributed by atoms with Gasteiger partial charge in [0.15, 0.2) is 0 Å². The van der Waals surface area contributed by atoms with E-state index in [4.69, 9.17) is 29.7 Å². The van der Waals surface area contributed by atoms with E-state index in [1.54, 1.807) is 0 Å². The minimum Gasteiger partial charge on any atom is -0.662 e. The standard InChI is InChI=1S/2CH2O3.CO2.5H2O/c2*2-1-4-3;2-1-3;;;;;/h2*1,3H;;5*1H2. The SMILES string of the molecule is O.O.O.O=C=O.O=CO[O-].O=CO[O-].[OH3+].[OH3+]. The highest BCUT2D eigenvalue weighted by Gasteiger charge is 1.34. The fraction of sp³-hybridized carbons (Fsp3) is 0. The molecule has 0 saturated heterocycles. The quantitative estimate of drug-likeness (QED) is 0.197. The summed E-state index contributed by atoms with van der Waals surface area (Å²) >= 11 is 0. The van der Waals surface area contributed by atoms with Crippen LogP contribution in [0.5, 0.6) is 0 Å². The van der Waals surface area contributed by atoms with Crippen molar-refractivity contribution < 1.29 is 66.8 Å². The van der Waals surface area contributed by atoms with Gasteiger partial charge in [0.05, 0.1) is 0 Å². The van der Waals surface area contributed by atoms with Gasteiger partial charge < -0.3 is 47.7 Å². The number of carbonyl (C=O) groups excluding carboxylic acids is 4. The van der Waals surface area contributed by atoms with Crippen molar-refractivity contribution in [3.05, 3.63) is 0 Å². The molecule has 0 aliphatic rings. The van der Waals surface area contributed by atoms with Gasteiger partial charge in [-0.3, -0.25) is 9.59 Å². The molecule has 0 unspecified atom stereocenters. The van der Waals surface area contributed by atoms with Gasteiger partial charge in [0, 0.05) is 0 Å². The summed E-state index contributed by atoms with van der Waals surface area (Å²) in [5.74, 6) is 0. The summed E-state index contributed by atoms with van der Waals surface area (Å²) in [6.07, 6.45) is 0.250. The average molecular weight is 258 g/mol. The largest absolute Gasteiger partial charge is 0.662 e. The predicted molar refractivity (Wildman–Crippen MR) is 39.9 cm³/mol. The maximum absolute atomic E-state index is 8.64. The molecule has 0 aromatic rings. The third-order valence-corrected chi connectivity index (χ3v) is 0.0786. The summed E-state index contributed by atoms with van der Waals surface area (Å²) in [6, 6.07) is 0. The molecule has 16 heavy (non-hydrogen) atoms. The van der Waals surface area contributed by atoms with Crippen LogP contribution >= 0.6 is 0 Å². The molecular formula is C3H14O13. The first-order chi connectivity index (χ1) is 5.24. The molecule has 0 radical (unpaired) electrons. The van der Waals surface area contributed by atoms with Crippen molar-refractivity contribution in [3.63, 3.8) is 0 Å². The van der Waals surface area contributed by atoms with E-state index in [0.717, 1.165) is 0 Å². The van der Waals surface area contributed by atoms with E-state index < -0.39 is 0 Å². The second-order valence-corrected chi connectivity index (χ2v) is 0.468. The lowest BCUT2D eigenvalue weighted by molar-refractivity contribution is -0.652. The molecule has 0 heterocycles. The highest BCUT2D eigenvalue weighted by atomic mass is 17.1. The summed E-state index contributed by atoms with van der Waals surface area (Å²) in [7, 11) is 0. The molecule has 0 saturated carbocycles. The first kappa shape index (κ1) is 65.4. The summed E-state index contributed by atoms with van der Waals surface area (Å²) < 4.78 is 0. The van der Waals surface area contributed by atoms with Crippen LogP contribution in [0.25, 0.3) is 0 Å². The van der Waals surface area contributed by atoms with Crippen molar-refractivity contribution in [2.45, 2.75) is 0 Å². The molecule has 0 amide bonds. The number of carbonyl (C=O) groups is 2. The maximum Gasteiger partial charge on any atom is 0.373 e. The number of hydrogen-bond donors (Lipinski definition) is 0. The molecule has 0 bridgehead atoms. The van der Waals surface area contributed by atoms with E-state index in [2.05, 4.69) is 9.78 Å². The Bertz CT molecular complexity index is 95.7. The Labute approximate surface area is 87.2 Å². The maximum atomic E-state index is 8.64. The topological polar surface area (TPSA) is 293 Å². The summed E-state index contributed by atoms with van der Waals surface area (Å²) in [4.78, 5) is 38.8. The van der Waals surface area contributed by atoms with Crippen LogP contribution in [0.2, 0.25) is 0 Å². The van der Waals surface area contributed by atoms with Crippen LogP contribution < -0.4 is 10.5 Å². The average Bonchev–Trinajstić information content (AvgIpc) is 2.06. The van der Waals surface area contributed by atoms with Crippen molar-refractivity contribution in [3.8, 4) is 0 Å². The Balaban J connectivity index is -0.00000000872. The molecule has 0 spiro atoms. The molecule has 13 nitrogen and oxygen atoms in total. The molecule has 0 atom stereocenters. The molecular weight excluding hydrogens is 244 g/mol. The van der Waals surface area contributed by atoms with Crippen molar-refractivity contribution >= 4 is 19.1 Å². The number of hydrogen-bond acceptors (Lipinski definition) is 8. The Hall–Kier alpha value is -1.96. The highest BCUT2D eigenvalue weighted by Crippen LogP contribution is 1.23. The molecule has 12 N–H and O–H groups in total. The lowest BCUT2D eigenvalue weighted by Crippen LogP contribution is -2.00. The van der Waals surface area contributed by atoms with Gasteiger partial charge in [-0.15, -0.1) is 0 Å². The van der Waals surface area contributed by atoms with Crippen molar-refractivity contribution in [2.75, 3.05) is 0 Å². The van der Waals surface area contributed by atoms with Crippen LogP contribution in [0.3, 0.4) is 0 Å². The zero-order valence-corrected chi connectivity index (χ0v) is 7.58. The summed E-state index contributed by atoms with van der Waals surface area (Å²) in [6.45, 7) is -0.361. The normalized spacial score (nSPS) is 3.12. The second-order valence-electron chi connectivity index (χ2n) is 0.468. The van der Waals surface area contributed by atoms with Crippen LogP contribution in [0.4, 0.5) is 0 Å². The van der Waals surface area contributed by atoms with Crippen LogP contribution in [-0.2, 0) is 39.9 Å². The summed E-state index contributed by atoms with van der Waals surface area (Å²) in [5.41, 5.74) is 0. The van der Waals surface area contributed by atoms with E-state index in [1.807, 2.05) is 0 Å². The second kappa shape index (κ2) is 205. The van der Waals surface area contributed by atoms with Gasteiger partial charge in [0.2, 0.25) is 0 Å². The first-order valence-electron chi connectivity index (χ1n) is 1.68. The minimum absolute atomic E-state index is 0. The van der Waals surface area contributed by atoms with Gasteiger partial charge in [0.1, 0.15) is 0 Å². The molecule has 13 heteroatoms. The molecule has 0 fully saturated rings. The molecule has 0 aromatic carbocycles. The fourth-order valence-corrected chi connectivity index (χ4v) is 0. The summed E-state index contributed by atoms with van der Waals surface area (Å²) in [5, 5.41) is 16.9. The van der Waals surface area contributed by atoms with E-state index >= 15 is 0 Å². The van der Waals surface area contributed by atoms with Crippen molar-refractivity contribution in [2.24, 2.45) is 0 Å². The van der Waals surface area contributed by atoms with E-state index in [1.165, 1.54) is 0 Å². The van der Waals surface area contributed by atoms with Crippen LogP contribution in [0.15, 0.2) is 0 Å². The Morgan fingerprint density at radius 1 is 0.812 bits per heavy atom. The van der Waals surface area contributed by atoms with Crippen molar-refractivity contribution in [1.82, 2.24) is 0 Å². The number of rotatable bonds is 2. The van der Waals surface area contributed by atoms with Gasteiger partial charge in [-0.1, -0.05) is 0 Å². The Morgan fingerprint density at radius 2 is 0.875 bits per heavy atom. The predicted octanol–water partition coefficient (Wildman–Crippen LogP) is -8.03. The first-order valence-corrected chi connectivity index (χ1v) is 1.68. The smallest absolute Gasteiger partial charge is 0.373 e. The molecule has 0 rings (SSSR count). The van der Waals surface area contributed by atoms with Crippen LogP contribution in [0, 0.1) is 0 Å². The fourth-order valence-electron chi connectivity index (χ4n) is 0. The zero-order valence-electron chi connectivity index (χ0n) is 7.58. The Kier molecular flexibility index (Phi) is 837. The zero-order chi connectivity index (χ0) is 9.54. The van der Waals surface area contributed by atoms with Crippen molar-refractivity contribution in [1.29, 1.82) is 0 Å². The van der Waals surface area contributed by atoms with E-state index in [-0.39, 0.29) is 46.5 Å². The van der Waals surface area contributed by atoms with Crippen LogP contribution in [-0.4, -0.2) is 35.5 Å². The molecule has 0 aliphatic heterocycles. The lowest BCUT2D eigenvalue weighted by Gasteiger charge is -1.88. The molecule has 104 valence electrons. The molecule has 0 aliphatic carbocycles. The van der Waals surface area contributed by atoms with E-state index in [9.17, 15) is 0 Å². The highest BCUT2D eigenvalue weighted by molar-refractivity contribution is 5.35. The van der Waals surface area contributed by atoms with Gasteiger partial charge in [-0.2, -0.15) is 9.59 Å². The Morgan fingerprint density at radius 3 is 0.875 bits per heavy atom. The van der Waals surface area contributed by atoms with Gasteiger partial charge in [0.25, 0.3) is 12.9 Å². The van der Waals surface area contributed by atoms with E-state index in [0.29, 0.717) is 0 Å². The van der Waals surface area contributed by atoms with Gasteiger partial charge in [-0.25, -0.2) is 0 Å². The van der Waals surface area contributed by atoms with Crippen LogP contribution in [0.1, 0.15) is 0 Å². The third kappa shape index (κ3) is 917000. The minimum atomic E-state index is -0.181. The molecule has 0 aromatic heterocycles. The lowest BCUT2D eigenvalue weighted by atomic mass is 11.7.